The summed E-state index contributed by atoms with van der Waals surface area (Å²) in [7, 11) is 0. The molecular weight excluding hydrogens is 278 g/mol. The Morgan fingerprint density at radius 1 is 1.16 bits per heavy atom. The van der Waals surface area contributed by atoms with Gasteiger partial charge in [-0.2, -0.15) is 0 Å². The van der Waals surface area contributed by atoms with Crippen LogP contribution < -0.4 is 5.43 Å². The molecule has 0 saturated carbocycles. The fourth-order valence-corrected chi connectivity index (χ4v) is 4.02. The van der Waals surface area contributed by atoms with Gasteiger partial charge in [0.1, 0.15) is 0 Å². The lowest BCUT2D eigenvalue weighted by Crippen LogP contribution is -2.05. The SMILES string of the molecule is Cc1cc2sc3c(C)ccc(Cl)c3c(=O)c2c(C)n1. The van der Waals surface area contributed by atoms with Crippen LogP contribution in [0.2, 0.25) is 5.02 Å². The normalized spacial score (nSPS) is 11.4. The van der Waals surface area contributed by atoms with Crippen molar-refractivity contribution >= 4 is 43.1 Å². The van der Waals surface area contributed by atoms with Crippen molar-refractivity contribution in [2.45, 2.75) is 20.8 Å². The highest BCUT2D eigenvalue weighted by Crippen LogP contribution is 2.32. The first-order valence-electron chi connectivity index (χ1n) is 5.99. The third-order valence-corrected chi connectivity index (χ3v) is 4.85. The maximum Gasteiger partial charge on any atom is 0.199 e. The predicted octanol–water partition coefficient (Wildman–Crippen LogP) is 4.39. The molecule has 0 atom stereocenters. The first-order chi connectivity index (χ1) is 8.99. The third kappa shape index (κ3) is 1.85. The van der Waals surface area contributed by atoms with Crippen molar-refractivity contribution in [3.8, 4) is 0 Å². The van der Waals surface area contributed by atoms with E-state index in [-0.39, 0.29) is 5.43 Å². The molecule has 0 radical (unpaired) electrons. The van der Waals surface area contributed by atoms with Crippen molar-refractivity contribution in [2.24, 2.45) is 0 Å². The Bertz CT molecular complexity index is 883. The lowest BCUT2D eigenvalue weighted by Gasteiger charge is -2.07. The minimum atomic E-state index is -0.0116. The Hall–Kier alpha value is -1.45. The zero-order valence-electron chi connectivity index (χ0n) is 10.9. The van der Waals surface area contributed by atoms with Crippen LogP contribution in [-0.4, -0.2) is 4.98 Å². The van der Waals surface area contributed by atoms with Crippen LogP contribution in [0.1, 0.15) is 17.0 Å². The molecule has 0 N–H and O–H groups in total. The van der Waals surface area contributed by atoms with Gasteiger partial charge in [0, 0.05) is 15.1 Å². The Balaban J connectivity index is 2.69. The van der Waals surface area contributed by atoms with E-state index < -0.39 is 0 Å². The summed E-state index contributed by atoms with van der Waals surface area (Å²) in [6.45, 7) is 5.82. The van der Waals surface area contributed by atoms with Crippen LogP contribution in [0, 0.1) is 20.8 Å². The van der Waals surface area contributed by atoms with E-state index in [1.807, 2.05) is 32.9 Å². The summed E-state index contributed by atoms with van der Waals surface area (Å²) >= 11 is 7.81. The smallest absolute Gasteiger partial charge is 0.199 e. The van der Waals surface area contributed by atoms with Crippen LogP contribution in [0.4, 0.5) is 0 Å². The number of aromatic nitrogens is 1. The number of pyridine rings is 1. The maximum atomic E-state index is 12.7. The lowest BCUT2D eigenvalue weighted by molar-refractivity contribution is 1.15. The van der Waals surface area contributed by atoms with Gasteiger partial charge in [-0.25, -0.2) is 0 Å². The largest absolute Gasteiger partial charge is 0.288 e. The Morgan fingerprint density at radius 2 is 1.89 bits per heavy atom. The number of aryl methyl sites for hydroxylation is 3. The molecule has 0 fully saturated rings. The molecule has 2 nitrogen and oxygen atoms in total. The maximum absolute atomic E-state index is 12.7. The molecule has 0 spiro atoms. The zero-order valence-corrected chi connectivity index (χ0v) is 12.4. The topological polar surface area (TPSA) is 30.0 Å². The van der Waals surface area contributed by atoms with Crippen LogP contribution >= 0.6 is 22.9 Å². The van der Waals surface area contributed by atoms with Crippen molar-refractivity contribution in [3.05, 3.63) is 50.4 Å². The summed E-state index contributed by atoms with van der Waals surface area (Å²) in [5.41, 5.74) is 2.77. The fourth-order valence-electron chi connectivity index (χ4n) is 2.39. The fraction of sp³-hybridized carbons (Fsp3) is 0.200. The molecule has 0 bridgehead atoms. The summed E-state index contributed by atoms with van der Waals surface area (Å²) < 4.78 is 1.95. The second kappa shape index (κ2) is 4.29. The van der Waals surface area contributed by atoms with Gasteiger partial charge in [0.05, 0.1) is 21.5 Å². The monoisotopic (exact) mass is 289 g/mol. The van der Waals surface area contributed by atoms with Crippen LogP contribution in [0.25, 0.3) is 20.2 Å². The number of hydrogen-bond acceptors (Lipinski definition) is 3. The molecule has 0 aliphatic heterocycles. The summed E-state index contributed by atoms with van der Waals surface area (Å²) in [6.07, 6.45) is 0. The Labute approximate surface area is 119 Å². The second-order valence-corrected chi connectivity index (χ2v) is 6.18. The van der Waals surface area contributed by atoms with Gasteiger partial charge in [0.2, 0.25) is 0 Å². The summed E-state index contributed by atoms with van der Waals surface area (Å²) in [4.78, 5) is 17.1. The van der Waals surface area contributed by atoms with Gasteiger partial charge in [0.15, 0.2) is 5.43 Å². The van der Waals surface area contributed by atoms with Crippen LogP contribution in [-0.2, 0) is 0 Å². The number of hydrogen-bond donors (Lipinski definition) is 0. The van der Waals surface area contributed by atoms with E-state index in [1.165, 1.54) is 0 Å². The minimum absolute atomic E-state index is 0.0116. The standard InChI is InChI=1S/C15H12ClNOS/c1-7-4-5-10(16)13-14(18)12-9(3)17-8(2)6-11(12)19-15(7)13/h4-6H,1-3H3. The average Bonchev–Trinajstić information content (AvgIpc) is 2.32. The highest BCUT2D eigenvalue weighted by atomic mass is 35.5. The molecular formula is C15H12ClNOS. The molecule has 96 valence electrons. The molecule has 2 aromatic heterocycles. The first kappa shape index (κ1) is 12.6. The van der Waals surface area contributed by atoms with E-state index in [0.717, 1.165) is 26.4 Å². The predicted molar refractivity (Wildman–Crippen MR) is 82.6 cm³/mol. The third-order valence-electron chi connectivity index (χ3n) is 3.26. The number of halogens is 1. The van der Waals surface area contributed by atoms with Gasteiger partial charge in [0.25, 0.3) is 0 Å². The van der Waals surface area contributed by atoms with E-state index in [1.54, 1.807) is 17.4 Å². The summed E-state index contributed by atoms with van der Waals surface area (Å²) in [5.74, 6) is 0. The highest BCUT2D eigenvalue weighted by molar-refractivity contribution is 7.24. The summed E-state index contributed by atoms with van der Waals surface area (Å²) in [5, 5.41) is 1.83. The number of rotatable bonds is 0. The quantitative estimate of drug-likeness (QED) is 0.575. The van der Waals surface area contributed by atoms with Gasteiger partial charge in [-0.3, -0.25) is 9.78 Å². The number of benzene rings is 1. The second-order valence-electron chi connectivity index (χ2n) is 4.72. The molecule has 0 unspecified atom stereocenters. The molecule has 0 saturated heterocycles. The molecule has 3 aromatic rings. The van der Waals surface area contributed by atoms with Gasteiger partial charge < -0.3 is 0 Å². The van der Waals surface area contributed by atoms with Crippen LogP contribution in [0.5, 0.6) is 0 Å². The number of nitrogens with zero attached hydrogens (tertiary/aromatic N) is 1. The van der Waals surface area contributed by atoms with Crippen LogP contribution in [0.3, 0.4) is 0 Å². The summed E-state index contributed by atoms with van der Waals surface area (Å²) in [6, 6.07) is 5.71. The van der Waals surface area contributed by atoms with Gasteiger partial charge in [-0.15, -0.1) is 11.3 Å². The molecule has 0 aliphatic carbocycles. The van der Waals surface area contributed by atoms with E-state index in [4.69, 9.17) is 11.6 Å². The van der Waals surface area contributed by atoms with Crippen molar-refractivity contribution in [1.29, 1.82) is 0 Å². The van der Waals surface area contributed by atoms with Crippen molar-refractivity contribution in [2.75, 3.05) is 0 Å². The Morgan fingerprint density at radius 3 is 2.63 bits per heavy atom. The molecule has 3 rings (SSSR count). The van der Waals surface area contributed by atoms with Gasteiger partial charge >= 0.3 is 0 Å². The average molecular weight is 290 g/mol. The first-order valence-corrected chi connectivity index (χ1v) is 7.18. The van der Waals surface area contributed by atoms with Crippen molar-refractivity contribution in [1.82, 2.24) is 4.98 Å². The minimum Gasteiger partial charge on any atom is -0.288 e. The van der Waals surface area contributed by atoms with E-state index in [9.17, 15) is 4.79 Å². The van der Waals surface area contributed by atoms with Crippen molar-refractivity contribution in [3.63, 3.8) is 0 Å². The highest BCUT2D eigenvalue weighted by Gasteiger charge is 2.13. The lowest BCUT2D eigenvalue weighted by atomic mass is 10.1. The van der Waals surface area contributed by atoms with E-state index >= 15 is 0 Å². The molecule has 2 heterocycles. The van der Waals surface area contributed by atoms with E-state index in [0.29, 0.717) is 15.8 Å². The molecule has 19 heavy (non-hydrogen) atoms. The molecule has 0 aliphatic rings. The van der Waals surface area contributed by atoms with Gasteiger partial charge in [-0.05, 0) is 38.5 Å². The van der Waals surface area contributed by atoms with Crippen molar-refractivity contribution < 1.29 is 0 Å². The van der Waals surface area contributed by atoms with E-state index in [2.05, 4.69) is 4.98 Å². The molecule has 1 aromatic carbocycles. The van der Waals surface area contributed by atoms with Gasteiger partial charge in [-0.1, -0.05) is 17.7 Å². The molecule has 4 heteroatoms. The number of fused-ring (bicyclic) bond motifs is 2. The molecule has 0 amide bonds. The van der Waals surface area contributed by atoms with Crippen LogP contribution in [0.15, 0.2) is 23.0 Å². The zero-order chi connectivity index (χ0) is 13.7. The Kier molecular flexibility index (Phi) is 2.84.